The lowest BCUT2D eigenvalue weighted by Crippen LogP contribution is -2.15. The summed E-state index contributed by atoms with van der Waals surface area (Å²) < 4.78 is 0. The molecule has 0 aliphatic carbocycles. The van der Waals surface area contributed by atoms with Crippen LogP contribution in [0.15, 0.2) is 99.9 Å². The van der Waals surface area contributed by atoms with Crippen molar-refractivity contribution in [3.63, 3.8) is 0 Å². The van der Waals surface area contributed by atoms with Crippen molar-refractivity contribution in [3.8, 4) is 0 Å². The van der Waals surface area contributed by atoms with Gasteiger partial charge in [0.05, 0.1) is 0 Å². The van der Waals surface area contributed by atoms with Crippen molar-refractivity contribution >= 4 is 5.71 Å². The Morgan fingerprint density at radius 2 is 1.78 bits per heavy atom. The second-order valence-corrected chi connectivity index (χ2v) is 10.1. The molecule has 0 saturated carbocycles. The first-order valence-corrected chi connectivity index (χ1v) is 13.8. The lowest BCUT2D eigenvalue weighted by Gasteiger charge is -2.24. The summed E-state index contributed by atoms with van der Waals surface area (Å²) in [4.78, 5) is 7.26. The van der Waals surface area contributed by atoms with E-state index in [0.29, 0.717) is 12.0 Å². The Morgan fingerprint density at radius 3 is 2.36 bits per heavy atom. The molecule has 0 fully saturated rings. The molecule has 0 aromatic heterocycles. The maximum absolute atomic E-state index is 4.96. The molecule has 0 aromatic rings. The fraction of sp³-hybridized carbons (Fsp3) is 0.500. The zero-order valence-corrected chi connectivity index (χ0v) is 24.7. The zero-order valence-electron chi connectivity index (χ0n) is 24.7. The third kappa shape index (κ3) is 10.2. The van der Waals surface area contributed by atoms with Gasteiger partial charge in [0, 0.05) is 30.2 Å². The highest BCUT2D eigenvalue weighted by atomic mass is 15.1. The van der Waals surface area contributed by atoms with Crippen LogP contribution in [0.4, 0.5) is 0 Å². The van der Waals surface area contributed by atoms with E-state index in [0.717, 1.165) is 25.7 Å². The van der Waals surface area contributed by atoms with E-state index in [1.807, 2.05) is 6.08 Å². The largest absolute Gasteiger partial charge is 0.349 e. The lowest BCUT2D eigenvalue weighted by molar-refractivity contribution is 0.526. The Morgan fingerprint density at radius 1 is 1.08 bits per heavy atom. The molecule has 1 heterocycles. The molecule has 2 heteroatoms. The van der Waals surface area contributed by atoms with E-state index in [9.17, 15) is 0 Å². The van der Waals surface area contributed by atoms with Crippen LogP contribution in [0.1, 0.15) is 93.9 Å². The van der Waals surface area contributed by atoms with Gasteiger partial charge in [-0.15, -0.1) is 0 Å². The highest BCUT2D eigenvalue weighted by molar-refractivity contribution is 6.02. The summed E-state index contributed by atoms with van der Waals surface area (Å²) in [6.45, 7) is 21.6. The Balaban J connectivity index is 3.38. The predicted octanol–water partition coefficient (Wildman–Crippen LogP) is 10.1. The van der Waals surface area contributed by atoms with Crippen LogP contribution in [-0.2, 0) is 0 Å². The Labute approximate surface area is 223 Å². The number of rotatable bonds is 13. The molecule has 2 atom stereocenters. The second-order valence-electron chi connectivity index (χ2n) is 10.1. The molecule has 1 aliphatic rings. The van der Waals surface area contributed by atoms with Crippen molar-refractivity contribution in [1.29, 1.82) is 0 Å². The monoisotopic (exact) mass is 488 g/mol. The van der Waals surface area contributed by atoms with Crippen LogP contribution in [-0.4, -0.2) is 23.7 Å². The minimum Gasteiger partial charge on any atom is -0.349 e. The van der Waals surface area contributed by atoms with E-state index in [1.165, 1.54) is 52.2 Å². The van der Waals surface area contributed by atoms with E-state index in [-0.39, 0.29) is 0 Å². The number of aliphatic imine (C=N–C) groups is 1. The molecule has 2 nitrogen and oxygen atoms in total. The SMILES string of the molecule is C=CC(C(C=CC)=CCC(C)=C(C=CCC(C)CC=CC)N(C)C(C)=CC)=C(C)C1=NC(C)CCC1. The second kappa shape index (κ2) is 17.0. The van der Waals surface area contributed by atoms with E-state index in [4.69, 9.17) is 4.99 Å². The highest BCUT2D eigenvalue weighted by Crippen LogP contribution is 2.26. The van der Waals surface area contributed by atoms with Gasteiger partial charge in [-0.2, -0.15) is 0 Å². The fourth-order valence-corrected chi connectivity index (χ4v) is 4.50. The van der Waals surface area contributed by atoms with Crippen LogP contribution in [0.3, 0.4) is 0 Å². The summed E-state index contributed by atoms with van der Waals surface area (Å²) in [6.07, 6.45) is 26.4. The van der Waals surface area contributed by atoms with Crippen LogP contribution in [0.5, 0.6) is 0 Å². The molecule has 0 bridgehead atoms. The highest BCUT2D eigenvalue weighted by Gasteiger charge is 2.15. The van der Waals surface area contributed by atoms with Gasteiger partial charge in [0.2, 0.25) is 0 Å². The molecule has 1 rings (SSSR count). The Kier molecular flexibility index (Phi) is 14.8. The molecule has 0 radical (unpaired) electrons. The number of hydrogen-bond donors (Lipinski definition) is 0. The van der Waals surface area contributed by atoms with Crippen molar-refractivity contribution in [2.45, 2.75) is 100.0 Å². The zero-order chi connectivity index (χ0) is 27.1. The average molecular weight is 489 g/mol. The van der Waals surface area contributed by atoms with Crippen molar-refractivity contribution in [2.75, 3.05) is 7.05 Å². The summed E-state index contributed by atoms with van der Waals surface area (Å²) in [5.41, 5.74) is 8.79. The number of hydrogen-bond acceptors (Lipinski definition) is 2. The van der Waals surface area contributed by atoms with Crippen LogP contribution in [0.2, 0.25) is 0 Å². The molecule has 2 unspecified atom stereocenters. The minimum absolute atomic E-state index is 0.412. The van der Waals surface area contributed by atoms with Gasteiger partial charge in [0.25, 0.3) is 0 Å². The van der Waals surface area contributed by atoms with Gasteiger partial charge in [0.15, 0.2) is 0 Å². The third-order valence-electron chi connectivity index (χ3n) is 7.07. The van der Waals surface area contributed by atoms with Crippen LogP contribution < -0.4 is 0 Å². The van der Waals surface area contributed by atoms with Crippen molar-refractivity contribution in [3.05, 3.63) is 94.9 Å². The standard InChI is InChI=1S/C34H52N2/c1-11-15-19-26(5)20-16-23-34(36(10)29(8)13-3)27(6)24-25-31(18-12-2)32(14-4)30(9)33-22-17-21-28(7)35-33/h11-16,18,23,25-26,28H,4,17,19-22,24H2,1-3,5-10H3. The molecular weight excluding hydrogens is 436 g/mol. The van der Waals surface area contributed by atoms with Crippen LogP contribution >= 0.6 is 0 Å². The fourth-order valence-electron chi connectivity index (χ4n) is 4.50. The van der Waals surface area contributed by atoms with Gasteiger partial charge in [-0.1, -0.05) is 62.1 Å². The molecule has 36 heavy (non-hydrogen) atoms. The molecule has 0 aromatic carbocycles. The Hall–Kier alpha value is -2.61. The van der Waals surface area contributed by atoms with Crippen molar-refractivity contribution in [2.24, 2.45) is 10.9 Å². The van der Waals surface area contributed by atoms with Gasteiger partial charge in [0.1, 0.15) is 0 Å². The maximum Gasteiger partial charge on any atom is 0.0475 e. The third-order valence-corrected chi connectivity index (χ3v) is 7.07. The predicted molar refractivity (Wildman–Crippen MR) is 163 cm³/mol. The first-order valence-electron chi connectivity index (χ1n) is 13.8. The lowest BCUT2D eigenvalue weighted by atomic mass is 9.91. The molecule has 1 aliphatic heterocycles. The summed E-state index contributed by atoms with van der Waals surface area (Å²) in [5, 5.41) is 0. The van der Waals surface area contributed by atoms with Crippen LogP contribution in [0.25, 0.3) is 0 Å². The molecular formula is C34H52N2. The summed E-state index contributed by atoms with van der Waals surface area (Å²) in [7, 11) is 2.17. The summed E-state index contributed by atoms with van der Waals surface area (Å²) >= 11 is 0. The molecule has 0 N–H and O–H groups in total. The van der Waals surface area contributed by atoms with Crippen molar-refractivity contribution in [1.82, 2.24) is 4.90 Å². The normalized spacial score (nSPS) is 20.0. The molecule has 198 valence electrons. The summed E-state index contributed by atoms with van der Waals surface area (Å²) in [6, 6.07) is 0.412. The van der Waals surface area contributed by atoms with Crippen LogP contribution in [0, 0.1) is 5.92 Å². The van der Waals surface area contributed by atoms with E-state index < -0.39 is 0 Å². The molecule has 0 spiro atoms. The van der Waals surface area contributed by atoms with Gasteiger partial charge in [-0.05, 0) is 121 Å². The van der Waals surface area contributed by atoms with Crippen molar-refractivity contribution < 1.29 is 0 Å². The van der Waals surface area contributed by atoms with Gasteiger partial charge < -0.3 is 4.90 Å². The number of nitrogens with zero attached hydrogens (tertiary/aromatic N) is 2. The topological polar surface area (TPSA) is 15.6 Å². The first kappa shape index (κ1) is 31.4. The summed E-state index contributed by atoms with van der Waals surface area (Å²) in [5.74, 6) is 0.641. The first-order chi connectivity index (χ1) is 17.2. The van der Waals surface area contributed by atoms with Gasteiger partial charge >= 0.3 is 0 Å². The van der Waals surface area contributed by atoms with E-state index in [1.54, 1.807) is 0 Å². The smallest absolute Gasteiger partial charge is 0.0475 e. The Bertz CT molecular complexity index is 959. The average Bonchev–Trinajstić information content (AvgIpc) is 2.87. The quantitative estimate of drug-likeness (QED) is 0.186. The van der Waals surface area contributed by atoms with Gasteiger partial charge in [-0.25, -0.2) is 0 Å². The number of likely N-dealkylation sites (N-methyl/N-ethyl adjacent to an activating group) is 1. The minimum atomic E-state index is 0.412. The van der Waals surface area contributed by atoms with E-state index >= 15 is 0 Å². The van der Waals surface area contributed by atoms with Gasteiger partial charge in [-0.3, -0.25) is 4.99 Å². The van der Waals surface area contributed by atoms with E-state index in [2.05, 4.69) is 123 Å². The number of allylic oxidation sites excluding steroid dienone is 14. The maximum atomic E-state index is 4.96. The molecule has 0 amide bonds. The molecule has 0 saturated heterocycles.